The number of hydrogen-bond acceptors (Lipinski definition) is 8. The van der Waals surface area contributed by atoms with E-state index in [1.807, 2.05) is 11.8 Å². The Morgan fingerprint density at radius 3 is 2.67 bits per heavy atom. The largest absolute Gasteiger partial charge is 0.492 e. The summed E-state index contributed by atoms with van der Waals surface area (Å²) in [7, 11) is 0. The van der Waals surface area contributed by atoms with E-state index in [0.717, 1.165) is 25.1 Å². The average Bonchev–Trinajstić information content (AvgIpc) is 2.89. The fourth-order valence-corrected chi connectivity index (χ4v) is 3.25. The van der Waals surface area contributed by atoms with Gasteiger partial charge in [-0.3, -0.25) is 14.8 Å². The molecule has 1 aromatic rings. The lowest BCUT2D eigenvalue weighted by atomic mass is 10.2. The molecule has 1 fully saturated rings. The zero-order valence-corrected chi connectivity index (χ0v) is 15.3. The van der Waals surface area contributed by atoms with Gasteiger partial charge >= 0.3 is 17.8 Å². The summed E-state index contributed by atoms with van der Waals surface area (Å²) in [4.78, 5) is 32.4. The van der Waals surface area contributed by atoms with Crippen LogP contribution < -0.4 is 9.64 Å². The van der Waals surface area contributed by atoms with Crippen LogP contribution >= 0.6 is 0 Å². The topological polar surface area (TPSA) is 81.2 Å². The summed E-state index contributed by atoms with van der Waals surface area (Å²) >= 11 is 0. The predicted molar refractivity (Wildman–Crippen MR) is 98.1 cm³/mol. The van der Waals surface area contributed by atoms with Crippen molar-refractivity contribution in [2.24, 2.45) is 0 Å². The lowest BCUT2D eigenvalue weighted by molar-refractivity contribution is -0.223. The number of nitrogens with zero attached hydrogens (tertiary/aromatic N) is 3. The minimum absolute atomic E-state index is 0.192. The quantitative estimate of drug-likeness (QED) is 0.567. The van der Waals surface area contributed by atoms with Crippen LogP contribution in [-0.4, -0.2) is 60.5 Å². The fraction of sp³-hybridized carbons (Fsp3) is 0.421. The van der Waals surface area contributed by atoms with Crippen LogP contribution in [0.2, 0.25) is 0 Å². The maximum Gasteiger partial charge on any atom is 0.356 e. The van der Waals surface area contributed by atoms with E-state index >= 15 is 0 Å². The summed E-state index contributed by atoms with van der Waals surface area (Å²) in [6.07, 6.45) is 7.93. The third-order valence-corrected chi connectivity index (χ3v) is 4.28. The Hall–Kier alpha value is -2.87. The average molecular weight is 373 g/mol. The van der Waals surface area contributed by atoms with E-state index in [1.165, 1.54) is 0 Å². The molecule has 0 aliphatic carbocycles. The van der Waals surface area contributed by atoms with E-state index in [1.54, 1.807) is 29.4 Å². The number of aromatic nitrogens is 1. The van der Waals surface area contributed by atoms with Crippen LogP contribution in [0.3, 0.4) is 0 Å². The fourth-order valence-electron chi connectivity index (χ4n) is 3.25. The molecule has 8 nitrogen and oxygen atoms in total. The number of pyridine rings is 1. The normalized spacial score (nSPS) is 19.8. The van der Waals surface area contributed by atoms with Crippen LogP contribution in [0.25, 0.3) is 0 Å². The number of carbonyl (C=O) groups is 2. The van der Waals surface area contributed by atoms with Gasteiger partial charge in [-0.2, -0.15) is 0 Å². The van der Waals surface area contributed by atoms with Gasteiger partial charge in [0.1, 0.15) is 5.75 Å². The Labute approximate surface area is 158 Å². The summed E-state index contributed by atoms with van der Waals surface area (Å²) in [5.74, 6) is -2.29. The molecule has 27 heavy (non-hydrogen) atoms. The molecular formula is C19H23N3O5. The molecule has 0 radical (unpaired) electrons. The molecule has 1 aromatic heterocycles. The number of carbonyl (C=O) groups excluding carboxylic acids is 2. The predicted octanol–water partition coefficient (Wildman–Crippen LogP) is 1.49. The SMILES string of the molecule is C=CCN1CCCN(c2cncc(OCC)c2)C2(C1)OC(=O)C=CC(=O)O2. The van der Waals surface area contributed by atoms with Crippen LogP contribution in [-0.2, 0) is 19.1 Å². The Kier molecular flexibility index (Phi) is 5.75. The first-order valence-electron chi connectivity index (χ1n) is 8.89. The lowest BCUT2D eigenvalue weighted by Crippen LogP contribution is -2.59. The summed E-state index contributed by atoms with van der Waals surface area (Å²) in [5, 5.41) is 0. The molecule has 144 valence electrons. The van der Waals surface area contributed by atoms with Crippen molar-refractivity contribution in [2.75, 3.05) is 37.7 Å². The molecule has 0 N–H and O–H groups in total. The van der Waals surface area contributed by atoms with Gasteiger partial charge in [0.05, 0.1) is 31.2 Å². The molecule has 3 rings (SSSR count). The van der Waals surface area contributed by atoms with Gasteiger partial charge in [-0.05, 0) is 13.3 Å². The molecule has 2 aliphatic heterocycles. The number of hydrogen-bond donors (Lipinski definition) is 0. The Balaban J connectivity index is 2.03. The molecular weight excluding hydrogens is 350 g/mol. The second-order valence-electron chi connectivity index (χ2n) is 6.23. The van der Waals surface area contributed by atoms with E-state index in [9.17, 15) is 9.59 Å². The molecule has 8 heteroatoms. The number of esters is 2. The first-order chi connectivity index (χ1) is 13.1. The van der Waals surface area contributed by atoms with E-state index in [0.29, 0.717) is 31.1 Å². The maximum absolute atomic E-state index is 12.2. The first-order valence-corrected chi connectivity index (χ1v) is 8.89. The van der Waals surface area contributed by atoms with Crippen LogP contribution in [0, 0.1) is 0 Å². The third-order valence-electron chi connectivity index (χ3n) is 4.28. The minimum Gasteiger partial charge on any atom is -0.492 e. The van der Waals surface area contributed by atoms with Crippen LogP contribution in [0.4, 0.5) is 5.69 Å². The van der Waals surface area contributed by atoms with E-state index in [-0.39, 0.29) is 6.54 Å². The molecule has 1 spiro atoms. The van der Waals surface area contributed by atoms with Gasteiger partial charge in [0.25, 0.3) is 0 Å². The molecule has 0 saturated carbocycles. The van der Waals surface area contributed by atoms with Crippen molar-refractivity contribution in [3.8, 4) is 5.75 Å². The molecule has 0 bridgehead atoms. The summed E-state index contributed by atoms with van der Waals surface area (Å²) < 4.78 is 16.8. The number of anilines is 1. The summed E-state index contributed by atoms with van der Waals surface area (Å²) in [5.41, 5.74) is 0.643. The molecule has 0 unspecified atom stereocenters. The zero-order chi connectivity index (χ0) is 19.3. The van der Waals surface area contributed by atoms with Crippen molar-refractivity contribution in [1.82, 2.24) is 9.88 Å². The third kappa shape index (κ3) is 4.28. The van der Waals surface area contributed by atoms with Gasteiger partial charge < -0.3 is 14.2 Å². The van der Waals surface area contributed by atoms with Crippen molar-refractivity contribution in [3.05, 3.63) is 43.3 Å². The lowest BCUT2D eigenvalue weighted by Gasteiger charge is -2.41. The van der Waals surface area contributed by atoms with Crippen molar-refractivity contribution in [2.45, 2.75) is 19.3 Å². The van der Waals surface area contributed by atoms with Crippen molar-refractivity contribution < 1.29 is 23.8 Å². The van der Waals surface area contributed by atoms with Crippen LogP contribution in [0.1, 0.15) is 13.3 Å². The highest BCUT2D eigenvalue weighted by Crippen LogP contribution is 2.33. The van der Waals surface area contributed by atoms with E-state index < -0.39 is 17.8 Å². The smallest absolute Gasteiger partial charge is 0.356 e. The Bertz CT molecular complexity index is 729. The highest BCUT2D eigenvalue weighted by Gasteiger charge is 2.48. The molecule has 3 heterocycles. The molecule has 1 saturated heterocycles. The monoisotopic (exact) mass is 373 g/mol. The Morgan fingerprint density at radius 2 is 2.00 bits per heavy atom. The maximum atomic E-state index is 12.2. The standard InChI is InChI=1S/C19H23N3O5/c1-3-8-21-9-5-10-22(15-11-16(25-4-2)13-20-12-15)19(14-21)26-17(23)6-7-18(24)27-19/h3,6-7,11-13H,1,4-5,8-10,14H2,2H3. The van der Waals surface area contributed by atoms with Gasteiger partial charge in [-0.1, -0.05) is 6.08 Å². The van der Waals surface area contributed by atoms with Gasteiger partial charge in [-0.25, -0.2) is 9.59 Å². The first kappa shape index (κ1) is 18.9. The van der Waals surface area contributed by atoms with E-state index in [2.05, 4.69) is 11.6 Å². The highest BCUT2D eigenvalue weighted by molar-refractivity contribution is 5.93. The van der Waals surface area contributed by atoms with Gasteiger partial charge in [0.15, 0.2) is 0 Å². The molecule has 0 amide bonds. The summed E-state index contributed by atoms with van der Waals surface area (Å²) in [6.45, 7) is 8.16. The number of rotatable bonds is 5. The second kappa shape index (κ2) is 8.22. The highest BCUT2D eigenvalue weighted by atomic mass is 16.8. The molecule has 0 atom stereocenters. The van der Waals surface area contributed by atoms with Gasteiger partial charge in [-0.15, -0.1) is 6.58 Å². The molecule has 2 aliphatic rings. The van der Waals surface area contributed by atoms with Gasteiger partial charge in [0, 0.05) is 37.9 Å². The summed E-state index contributed by atoms with van der Waals surface area (Å²) in [6, 6.07) is 1.79. The zero-order valence-electron chi connectivity index (χ0n) is 15.3. The minimum atomic E-state index is -1.59. The van der Waals surface area contributed by atoms with Crippen LogP contribution in [0.5, 0.6) is 5.75 Å². The van der Waals surface area contributed by atoms with Gasteiger partial charge in [0.2, 0.25) is 0 Å². The second-order valence-corrected chi connectivity index (χ2v) is 6.23. The van der Waals surface area contributed by atoms with Crippen molar-refractivity contribution in [1.29, 1.82) is 0 Å². The molecule has 0 aromatic carbocycles. The Morgan fingerprint density at radius 1 is 1.26 bits per heavy atom. The number of ether oxygens (including phenoxy) is 3. The van der Waals surface area contributed by atoms with Crippen LogP contribution in [0.15, 0.2) is 43.3 Å². The van der Waals surface area contributed by atoms with E-state index in [4.69, 9.17) is 14.2 Å². The van der Waals surface area contributed by atoms with Crippen molar-refractivity contribution in [3.63, 3.8) is 0 Å². The van der Waals surface area contributed by atoms with Crippen molar-refractivity contribution >= 4 is 17.6 Å².